The van der Waals surface area contributed by atoms with Gasteiger partial charge in [-0.05, 0) is 30.7 Å². The van der Waals surface area contributed by atoms with Gasteiger partial charge in [-0.15, -0.1) is 0 Å². The molecule has 0 aliphatic carbocycles. The number of furan rings is 1. The van der Waals surface area contributed by atoms with Crippen molar-refractivity contribution in [2.75, 3.05) is 7.11 Å². The number of fused-ring (bicyclic) bond motifs is 1. The molecule has 0 atom stereocenters. The third-order valence-corrected chi connectivity index (χ3v) is 2.42. The minimum absolute atomic E-state index is 0.0982. The summed E-state index contributed by atoms with van der Waals surface area (Å²) in [4.78, 5) is 22.3. The van der Waals surface area contributed by atoms with Crippen molar-refractivity contribution in [2.24, 2.45) is 0 Å². The Morgan fingerprint density at radius 1 is 1.29 bits per heavy atom. The molecule has 4 nitrogen and oxygen atoms in total. The molecule has 2 rings (SSSR count). The van der Waals surface area contributed by atoms with Crippen LogP contribution in [0.1, 0.15) is 23.0 Å². The summed E-state index contributed by atoms with van der Waals surface area (Å²) in [6.07, 6.45) is 0.384. The summed E-state index contributed by atoms with van der Waals surface area (Å²) in [7, 11) is 1.30. The lowest BCUT2D eigenvalue weighted by Crippen LogP contribution is -1.97. The first-order valence-corrected chi connectivity index (χ1v) is 5.20. The van der Waals surface area contributed by atoms with Crippen molar-refractivity contribution >= 4 is 22.7 Å². The van der Waals surface area contributed by atoms with Crippen LogP contribution >= 0.6 is 0 Å². The molecule has 0 fully saturated rings. The summed E-state index contributed by atoms with van der Waals surface area (Å²) in [5, 5.41) is 0.796. The van der Waals surface area contributed by atoms with Crippen molar-refractivity contribution in [1.82, 2.24) is 0 Å². The molecule has 0 unspecified atom stereocenters. The van der Waals surface area contributed by atoms with Crippen molar-refractivity contribution in [1.29, 1.82) is 0 Å². The van der Waals surface area contributed by atoms with E-state index in [2.05, 4.69) is 4.74 Å². The molecule has 0 saturated carbocycles. The topological polar surface area (TPSA) is 56.5 Å². The molecule has 0 radical (unpaired) electrons. The van der Waals surface area contributed by atoms with Crippen LogP contribution in [0.3, 0.4) is 0 Å². The Kier molecular flexibility index (Phi) is 2.95. The van der Waals surface area contributed by atoms with Crippen LogP contribution in [0.5, 0.6) is 0 Å². The maximum atomic E-state index is 11.3. The van der Waals surface area contributed by atoms with Crippen molar-refractivity contribution < 1.29 is 18.7 Å². The maximum Gasteiger partial charge on any atom is 0.373 e. The highest BCUT2D eigenvalue weighted by atomic mass is 16.5. The fraction of sp³-hybridized carbons (Fsp3) is 0.231. The van der Waals surface area contributed by atoms with Gasteiger partial charge in [0.2, 0.25) is 5.76 Å². The number of ketones is 1. The summed E-state index contributed by atoms with van der Waals surface area (Å²) in [6.45, 7) is 1.54. The van der Waals surface area contributed by atoms with Gasteiger partial charge in [-0.3, -0.25) is 4.79 Å². The minimum Gasteiger partial charge on any atom is -0.463 e. The Labute approximate surface area is 98.2 Å². The van der Waals surface area contributed by atoms with Gasteiger partial charge >= 0.3 is 5.97 Å². The van der Waals surface area contributed by atoms with Gasteiger partial charge in [0.15, 0.2) is 0 Å². The molecular weight excluding hydrogens is 220 g/mol. The number of ether oxygens (including phenoxy) is 1. The first kappa shape index (κ1) is 11.4. The van der Waals surface area contributed by atoms with Crippen LogP contribution in [-0.2, 0) is 16.0 Å². The van der Waals surface area contributed by atoms with E-state index in [1.165, 1.54) is 7.11 Å². The highest BCUT2D eigenvalue weighted by Crippen LogP contribution is 2.21. The fourth-order valence-corrected chi connectivity index (χ4v) is 1.69. The van der Waals surface area contributed by atoms with Crippen molar-refractivity contribution in [3.8, 4) is 0 Å². The summed E-state index contributed by atoms with van der Waals surface area (Å²) < 4.78 is 9.90. The lowest BCUT2D eigenvalue weighted by atomic mass is 10.1. The Morgan fingerprint density at radius 3 is 2.71 bits per heavy atom. The van der Waals surface area contributed by atoms with Gasteiger partial charge in [0, 0.05) is 11.8 Å². The van der Waals surface area contributed by atoms with E-state index in [9.17, 15) is 9.59 Å². The van der Waals surface area contributed by atoms with Crippen molar-refractivity contribution in [3.05, 3.63) is 35.6 Å². The third kappa shape index (κ3) is 2.36. The average Bonchev–Trinajstić information content (AvgIpc) is 2.70. The molecule has 0 N–H and O–H groups in total. The van der Waals surface area contributed by atoms with Gasteiger partial charge in [-0.1, -0.05) is 6.07 Å². The number of hydrogen-bond acceptors (Lipinski definition) is 4. The average molecular weight is 232 g/mol. The molecule has 4 heteroatoms. The molecule has 1 heterocycles. The van der Waals surface area contributed by atoms with Gasteiger partial charge in [0.25, 0.3) is 0 Å². The Balaban J connectivity index is 2.40. The number of methoxy groups -OCH3 is 1. The van der Waals surface area contributed by atoms with Gasteiger partial charge in [0.05, 0.1) is 7.11 Å². The van der Waals surface area contributed by atoms with E-state index in [4.69, 9.17) is 4.42 Å². The molecule has 0 aliphatic rings. The molecule has 1 aromatic heterocycles. The smallest absolute Gasteiger partial charge is 0.373 e. The standard InChI is InChI=1S/C13H12O4/c1-8(14)5-9-3-4-11-10(6-9)7-12(17-11)13(15)16-2/h3-4,6-7H,5H2,1-2H3. The SMILES string of the molecule is COC(=O)c1cc2cc(CC(C)=O)ccc2o1. The first-order valence-electron chi connectivity index (χ1n) is 5.20. The molecule has 0 aliphatic heterocycles. The number of benzene rings is 1. The Morgan fingerprint density at radius 2 is 2.06 bits per heavy atom. The summed E-state index contributed by atoms with van der Waals surface area (Å²) >= 11 is 0. The molecule has 0 bridgehead atoms. The van der Waals surface area contributed by atoms with E-state index in [-0.39, 0.29) is 11.5 Å². The van der Waals surface area contributed by atoms with E-state index in [1.54, 1.807) is 19.1 Å². The molecule has 2 aromatic rings. The second kappa shape index (κ2) is 4.41. The largest absolute Gasteiger partial charge is 0.463 e. The molecule has 1 aromatic carbocycles. The molecule has 17 heavy (non-hydrogen) atoms. The van der Waals surface area contributed by atoms with Gasteiger partial charge in [-0.2, -0.15) is 0 Å². The van der Waals surface area contributed by atoms with Crippen LogP contribution in [0, 0.1) is 0 Å². The number of Topliss-reactive ketones (excluding diaryl/α,β-unsaturated/α-hetero) is 1. The number of hydrogen-bond donors (Lipinski definition) is 0. The molecule has 0 saturated heterocycles. The van der Waals surface area contributed by atoms with Crippen LogP contribution in [0.25, 0.3) is 11.0 Å². The molecule has 0 amide bonds. The molecule has 0 spiro atoms. The lowest BCUT2D eigenvalue weighted by molar-refractivity contribution is -0.116. The maximum absolute atomic E-state index is 11.3. The zero-order chi connectivity index (χ0) is 12.4. The number of esters is 1. The molecule has 88 valence electrons. The van der Waals surface area contributed by atoms with E-state index in [1.807, 2.05) is 12.1 Å². The number of rotatable bonds is 3. The normalized spacial score (nSPS) is 10.5. The Hall–Kier alpha value is -2.10. The number of carbonyl (C=O) groups excluding carboxylic acids is 2. The fourth-order valence-electron chi connectivity index (χ4n) is 1.69. The van der Waals surface area contributed by atoms with E-state index < -0.39 is 5.97 Å². The summed E-state index contributed by atoms with van der Waals surface area (Å²) in [6, 6.07) is 7.02. The van der Waals surface area contributed by atoms with Gasteiger partial charge in [0.1, 0.15) is 11.4 Å². The minimum atomic E-state index is -0.505. The van der Waals surface area contributed by atoms with E-state index >= 15 is 0 Å². The first-order chi connectivity index (χ1) is 8.10. The van der Waals surface area contributed by atoms with Crippen LogP contribution in [-0.4, -0.2) is 18.9 Å². The van der Waals surface area contributed by atoms with Gasteiger partial charge < -0.3 is 9.15 Å². The van der Waals surface area contributed by atoms with Crippen LogP contribution in [0.2, 0.25) is 0 Å². The second-order valence-electron chi connectivity index (χ2n) is 3.85. The zero-order valence-corrected chi connectivity index (χ0v) is 9.65. The number of carbonyl (C=O) groups is 2. The predicted molar refractivity (Wildman–Crippen MR) is 61.9 cm³/mol. The van der Waals surface area contributed by atoms with Gasteiger partial charge in [-0.25, -0.2) is 4.79 Å². The van der Waals surface area contributed by atoms with Crippen LogP contribution in [0.15, 0.2) is 28.7 Å². The lowest BCUT2D eigenvalue weighted by Gasteiger charge is -1.96. The van der Waals surface area contributed by atoms with Crippen LogP contribution in [0.4, 0.5) is 0 Å². The third-order valence-electron chi connectivity index (χ3n) is 2.42. The molecular formula is C13H12O4. The van der Waals surface area contributed by atoms with E-state index in [0.29, 0.717) is 12.0 Å². The highest BCUT2D eigenvalue weighted by Gasteiger charge is 2.12. The summed E-state index contributed by atoms with van der Waals surface area (Å²) in [5.74, 6) is -0.238. The van der Waals surface area contributed by atoms with E-state index in [0.717, 1.165) is 10.9 Å². The highest BCUT2D eigenvalue weighted by molar-refractivity contribution is 5.93. The second-order valence-corrected chi connectivity index (χ2v) is 3.85. The summed E-state index contributed by atoms with van der Waals surface area (Å²) in [5.41, 5.74) is 1.51. The zero-order valence-electron chi connectivity index (χ0n) is 9.65. The van der Waals surface area contributed by atoms with Crippen LogP contribution < -0.4 is 0 Å². The monoisotopic (exact) mass is 232 g/mol. The van der Waals surface area contributed by atoms with Crippen molar-refractivity contribution in [2.45, 2.75) is 13.3 Å². The van der Waals surface area contributed by atoms with Crippen molar-refractivity contribution in [3.63, 3.8) is 0 Å². The predicted octanol–water partition coefficient (Wildman–Crippen LogP) is 2.35. The quantitative estimate of drug-likeness (QED) is 0.762. The Bertz CT molecular complexity index is 580.